The van der Waals surface area contributed by atoms with E-state index < -0.39 is 0 Å². The normalized spacial score (nSPS) is 10.3. The average Bonchev–Trinajstić information content (AvgIpc) is 2.72. The number of nitrogens with two attached hydrogens (primary N) is 1. The summed E-state index contributed by atoms with van der Waals surface area (Å²) < 4.78 is 0. The predicted molar refractivity (Wildman–Crippen MR) is 60.1 cm³/mol. The molecule has 0 amide bonds. The van der Waals surface area contributed by atoms with Crippen molar-refractivity contribution >= 4 is 11.3 Å². The summed E-state index contributed by atoms with van der Waals surface area (Å²) in [6.07, 6.45) is 0. The Labute approximate surface area is 88.4 Å². The van der Waals surface area contributed by atoms with Crippen LogP contribution in [-0.2, 0) is 13.1 Å². The minimum absolute atomic E-state index is 1.07. The highest BCUT2D eigenvalue weighted by Crippen LogP contribution is 2.05. The van der Waals surface area contributed by atoms with Gasteiger partial charge in [-0.1, -0.05) is 36.4 Å². The van der Waals surface area contributed by atoms with E-state index in [0.29, 0.717) is 0 Å². The lowest BCUT2D eigenvalue weighted by Gasteiger charge is -1.99. The molecule has 2 aromatic rings. The fraction of sp³-hybridized carbons (Fsp3) is 0.167. The Morgan fingerprint density at radius 1 is 0.929 bits per heavy atom. The van der Waals surface area contributed by atoms with Crippen LogP contribution in [0.3, 0.4) is 0 Å². The average molecular weight is 204 g/mol. The third-order valence-electron chi connectivity index (χ3n) is 2.15. The fourth-order valence-corrected chi connectivity index (χ4v) is 2.13. The molecule has 1 nitrogen and oxygen atoms in total. The van der Waals surface area contributed by atoms with Gasteiger partial charge >= 0.3 is 0 Å². The highest BCUT2D eigenvalue weighted by atomic mass is 32.1. The van der Waals surface area contributed by atoms with Gasteiger partial charge in [0.15, 0.2) is 0 Å². The highest BCUT2D eigenvalue weighted by molar-refractivity contribution is 7.09. The number of rotatable bonds is 4. The van der Waals surface area contributed by atoms with Crippen molar-refractivity contribution in [2.24, 2.45) is 0 Å². The number of thiophene rings is 1. The van der Waals surface area contributed by atoms with Crippen molar-refractivity contribution in [1.82, 2.24) is 0 Å². The first kappa shape index (κ1) is 9.44. The fourth-order valence-electron chi connectivity index (χ4n) is 1.42. The quantitative estimate of drug-likeness (QED) is 0.784. The second-order valence-electron chi connectivity index (χ2n) is 3.26. The third-order valence-corrected chi connectivity index (χ3v) is 3.05. The van der Waals surface area contributed by atoms with Gasteiger partial charge in [0.1, 0.15) is 13.1 Å². The molecule has 0 bridgehead atoms. The zero-order valence-corrected chi connectivity index (χ0v) is 8.84. The maximum atomic E-state index is 2.33. The van der Waals surface area contributed by atoms with E-state index in [1.807, 2.05) is 11.3 Å². The van der Waals surface area contributed by atoms with Crippen LogP contribution >= 0.6 is 11.3 Å². The van der Waals surface area contributed by atoms with Crippen LogP contribution in [0.15, 0.2) is 47.8 Å². The topological polar surface area (TPSA) is 16.6 Å². The molecule has 0 aliphatic heterocycles. The van der Waals surface area contributed by atoms with Gasteiger partial charge in [0.05, 0.1) is 4.88 Å². The van der Waals surface area contributed by atoms with Gasteiger partial charge in [-0.2, -0.15) is 0 Å². The van der Waals surface area contributed by atoms with E-state index in [1.165, 1.54) is 10.4 Å². The van der Waals surface area contributed by atoms with Crippen LogP contribution in [0, 0.1) is 0 Å². The van der Waals surface area contributed by atoms with Crippen molar-refractivity contribution in [1.29, 1.82) is 0 Å². The molecule has 0 saturated heterocycles. The largest absolute Gasteiger partial charge is 0.338 e. The minimum Gasteiger partial charge on any atom is -0.338 e. The molecular formula is C12H14NS+. The van der Waals surface area contributed by atoms with Gasteiger partial charge < -0.3 is 5.32 Å². The molecule has 1 aromatic carbocycles. The molecule has 2 rings (SSSR count). The summed E-state index contributed by atoms with van der Waals surface area (Å²) in [7, 11) is 0. The van der Waals surface area contributed by atoms with E-state index in [-0.39, 0.29) is 0 Å². The lowest BCUT2D eigenvalue weighted by Crippen LogP contribution is -2.80. The molecule has 1 heterocycles. The first-order chi connectivity index (χ1) is 6.95. The molecule has 0 atom stereocenters. The molecule has 0 spiro atoms. The van der Waals surface area contributed by atoms with Crippen LogP contribution in [0.25, 0.3) is 0 Å². The van der Waals surface area contributed by atoms with Gasteiger partial charge in [0, 0.05) is 5.56 Å². The van der Waals surface area contributed by atoms with Crippen molar-refractivity contribution in [3.05, 3.63) is 58.3 Å². The van der Waals surface area contributed by atoms with E-state index in [2.05, 4.69) is 53.2 Å². The molecule has 14 heavy (non-hydrogen) atoms. The van der Waals surface area contributed by atoms with Crippen LogP contribution in [0.4, 0.5) is 0 Å². The summed E-state index contributed by atoms with van der Waals surface area (Å²) in [6, 6.07) is 14.9. The molecule has 0 unspecified atom stereocenters. The van der Waals surface area contributed by atoms with Gasteiger partial charge in [-0.05, 0) is 11.4 Å². The van der Waals surface area contributed by atoms with Crippen LogP contribution in [0.5, 0.6) is 0 Å². The Morgan fingerprint density at radius 2 is 1.79 bits per heavy atom. The van der Waals surface area contributed by atoms with E-state index in [0.717, 1.165) is 13.1 Å². The molecule has 0 aliphatic carbocycles. The zero-order chi connectivity index (χ0) is 9.64. The molecule has 1 aromatic heterocycles. The van der Waals surface area contributed by atoms with E-state index in [4.69, 9.17) is 0 Å². The van der Waals surface area contributed by atoms with Crippen molar-refractivity contribution < 1.29 is 5.32 Å². The Hall–Kier alpha value is -1.12. The summed E-state index contributed by atoms with van der Waals surface area (Å²) in [4.78, 5) is 1.45. The number of hydrogen-bond acceptors (Lipinski definition) is 1. The van der Waals surface area contributed by atoms with Crippen LogP contribution in [0.1, 0.15) is 10.4 Å². The van der Waals surface area contributed by atoms with Crippen molar-refractivity contribution in [2.75, 3.05) is 0 Å². The molecule has 0 aliphatic rings. The molecular weight excluding hydrogens is 190 g/mol. The first-order valence-electron chi connectivity index (χ1n) is 4.83. The summed E-state index contributed by atoms with van der Waals surface area (Å²) in [5, 5.41) is 4.47. The summed E-state index contributed by atoms with van der Waals surface area (Å²) in [5.41, 5.74) is 1.39. The third kappa shape index (κ3) is 2.69. The predicted octanol–water partition coefficient (Wildman–Crippen LogP) is 2.01. The lowest BCUT2D eigenvalue weighted by atomic mass is 10.2. The Kier molecular flexibility index (Phi) is 3.33. The molecule has 72 valence electrons. The van der Waals surface area contributed by atoms with E-state index >= 15 is 0 Å². The maximum Gasteiger partial charge on any atom is 0.111 e. The SMILES string of the molecule is c1ccc(C[NH2+]Cc2cccs2)cc1. The van der Waals surface area contributed by atoms with E-state index in [1.54, 1.807) is 0 Å². The summed E-state index contributed by atoms with van der Waals surface area (Å²) in [6.45, 7) is 2.16. The van der Waals surface area contributed by atoms with Crippen molar-refractivity contribution in [2.45, 2.75) is 13.1 Å². The molecule has 2 N–H and O–H groups in total. The van der Waals surface area contributed by atoms with Gasteiger partial charge in [-0.15, -0.1) is 11.3 Å². The second-order valence-corrected chi connectivity index (χ2v) is 4.29. The Morgan fingerprint density at radius 3 is 2.50 bits per heavy atom. The first-order valence-corrected chi connectivity index (χ1v) is 5.71. The summed E-state index contributed by atoms with van der Waals surface area (Å²) in [5.74, 6) is 0. The van der Waals surface area contributed by atoms with Gasteiger partial charge in [-0.3, -0.25) is 0 Å². The van der Waals surface area contributed by atoms with Crippen molar-refractivity contribution in [3.63, 3.8) is 0 Å². The smallest absolute Gasteiger partial charge is 0.111 e. The van der Waals surface area contributed by atoms with Gasteiger partial charge in [0.25, 0.3) is 0 Å². The highest BCUT2D eigenvalue weighted by Gasteiger charge is 1.96. The van der Waals surface area contributed by atoms with Crippen LogP contribution < -0.4 is 5.32 Å². The van der Waals surface area contributed by atoms with E-state index in [9.17, 15) is 0 Å². The van der Waals surface area contributed by atoms with Gasteiger partial charge in [-0.25, -0.2) is 0 Å². The number of benzene rings is 1. The van der Waals surface area contributed by atoms with Crippen LogP contribution in [-0.4, -0.2) is 0 Å². The number of quaternary nitrogens is 1. The Bertz CT molecular complexity index is 353. The van der Waals surface area contributed by atoms with Gasteiger partial charge in [0.2, 0.25) is 0 Å². The second kappa shape index (κ2) is 4.94. The summed E-state index contributed by atoms with van der Waals surface area (Å²) >= 11 is 1.83. The molecule has 2 heteroatoms. The molecule has 0 radical (unpaired) electrons. The molecule has 0 saturated carbocycles. The van der Waals surface area contributed by atoms with Crippen LogP contribution in [0.2, 0.25) is 0 Å². The standard InChI is InChI=1S/C12H13NS/c1-2-5-11(6-3-1)9-13-10-12-7-4-8-14-12/h1-8,13H,9-10H2/p+1. The minimum atomic E-state index is 1.07. The monoisotopic (exact) mass is 204 g/mol. The lowest BCUT2D eigenvalue weighted by molar-refractivity contribution is -0.685. The number of hydrogen-bond donors (Lipinski definition) is 1. The zero-order valence-electron chi connectivity index (χ0n) is 8.02. The Balaban J connectivity index is 1.79. The maximum absolute atomic E-state index is 2.33. The molecule has 0 fully saturated rings. The van der Waals surface area contributed by atoms with Crippen molar-refractivity contribution in [3.8, 4) is 0 Å².